The number of rotatable bonds is 16. The molecule has 618 valence electrons. The Morgan fingerprint density at radius 1 is 0.317 bits per heavy atom. The molecule has 0 spiro atoms. The summed E-state index contributed by atoms with van der Waals surface area (Å²) in [4.78, 5) is 142. The second kappa shape index (κ2) is 40.0. The van der Waals surface area contributed by atoms with Crippen LogP contribution in [0.1, 0.15) is 172 Å². The van der Waals surface area contributed by atoms with Crippen molar-refractivity contribution in [2.45, 2.75) is 156 Å². The summed E-state index contributed by atoms with van der Waals surface area (Å²) in [5, 5.41) is 0. The molecule has 123 heavy (non-hydrogen) atoms. The van der Waals surface area contributed by atoms with Crippen LogP contribution in [0.4, 0.5) is 8.78 Å². The van der Waals surface area contributed by atoms with Crippen molar-refractivity contribution >= 4 is 57.8 Å². The predicted octanol–water partition coefficient (Wildman–Crippen LogP) is 18.7. The Kier molecular flexibility index (Phi) is 29.2. The number of pyridine rings is 2. The summed E-state index contributed by atoms with van der Waals surface area (Å²) in [6, 6.07) is 47.0. The highest BCUT2D eigenvalue weighted by atomic mass is 19.1. The van der Waals surface area contributed by atoms with Crippen molar-refractivity contribution in [3.63, 3.8) is 0 Å². The molecule has 0 bridgehead atoms. The molecular formula is C106H94F2N4O11. The molecule has 15 rings (SSSR count). The van der Waals surface area contributed by atoms with E-state index in [1.807, 2.05) is 153 Å². The molecule has 5 aliphatic rings. The van der Waals surface area contributed by atoms with Crippen LogP contribution in [0.2, 0.25) is 0 Å². The van der Waals surface area contributed by atoms with E-state index in [0.29, 0.717) is 41.8 Å². The van der Waals surface area contributed by atoms with Gasteiger partial charge in [0.05, 0.1) is 12.8 Å². The van der Waals surface area contributed by atoms with Crippen LogP contribution < -0.4 is 4.74 Å². The number of methoxy groups -OCH3 is 1. The Morgan fingerprint density at radius 3 is 1.03 bits per heavy atom. The normalized spacial score (nSPS) is 20.0. The second-order valence-corrected chi connectivity index (χ2v) is 32.3. The SMILES string of the molecule is C#CCC1CC(=O)C(c2c(F)cc(-c3ccc(C)cc3)cc2OC)C1=O.C#CCC1CC(=O)C(c2cc(-c3ccc(C)cc3)ccc2C)C1=O.C#CCC1CC(=O)C(c2cc(-c3ccc(C)cn3)ccc2C)C1=O.C#CCC1CC(=O)C(c2cc(-c3ncc(C)cc3F)ccc2C)C1=O.C#CCC1CC(=O)C(c2cc(-c3ncc(C)cn3)ccc2C)C1=O. The lowest BCUT2D eigenvalue weighted by Gasteiger charge is -2.16. The van der Waals surface area contributed by atoms with Crippen molar-refractivity contribution in [3.8, 4) is 124 Å². The number of ether oxygens (including phenoxy) is 1. The third kappa shape index (κ3) is 20.4. The third-order valence-electron chi connectivity index (χ3n) is 23.3. The quantitative estimate of drug-likeness (QED) is 0.0646. The molecule has 0 saturated heterocycles. The first-order valence-corrected chi connectivity index (χ1v) is 40.7. The standard InChI is InChI=1S/C22H19FO3.C22H20O2.C21H18FNO2.C21H19NO2.C20H18N2O2/c1-4-5-15-11-18(24)21(22(15)25)20-17(23)10-16(12-19(20)26-3)14-8-6-13(2)7-9-14;1-4-5-18-13-20(23)21(22(18)24)19-12-17(11-8-15(19)3)16-9-6-14(2)7-10-16;1-4-5-15-10-18(24)19(21(15)25)16-9-14(7-6-13(16)3)20-17(22)8-12(2)11-23-20;1-4-5-16-11-19(23)20(21(16)24)17-10-15(8-7-14(17)3)18-9-6-13(2)12-22-18;1-4-5-14-9-17(23)18(19(14)24)16-8-15(7-6-13(16)3)20-21-10-12(2)11-22-20/h1,6-10,12,15,21H,5,11H2,2-3H3;1,6-12,18,21H,5,13H2,2-3H3;1,6-9,11,15,19H,5,10H2,2-3H3;1,6-10,12,16,20H,5,11H2,2-3H3;1,6-8,10-11,14,18H,5,9H2,2-3H3. The Hall–Kier alpha value is -13.9. The lowest BCUT2D eigenvalue weighted by molar-refractivity contribution is -0.126. The maximum absolute atomic E-state index is 14.9. The molecule has 10 atom stereocenters. The van der Waals surface area contributed by atoms with Gasteiger partial charge in [0.15, 0.2) is 34.7 Å². The van der Waals surface area contributed by atoms with Crippen molar-refractivity contribution in [1.29, 1.82) is 0 Å². The number of aromatic nitrogens is 4. The fourth-order valence-corrected chi connectivity index (χ4v) is 16.5. The van der Waals surface area contributed by atoms with E-state index in [-0.39, 0.29) is 138 Å². The Balaban J connectivity index is 0.000000150. The molecule has 0 amide bonds. The van der Waals surface area contributed by atoms with Crippen LogP contribution in [0.25, 0.3) is 56.2 Å². The van der Waals surface area contributed by atoms with Crippen LogP contribution in [-0.4, -0.2) is 84.9 Å². The summed E-state index contributed by atoms with van der Waals surface area (Å²) in [6.45, 7) is 17.3. The molecule has 0 N–H and O–H groups in total. The molecule has 0 aliphatic heterocycles. The van der Waals surface area contributed by atoms with Crippen LogP contribution >= 0.6 is 0 Å². The summed E-state index contributed by atoms with van der Waals surface area (Å²) < 4.78 is 34.5. The number of aryl methyl sites for hydroxylation is 9. The number of nitrogens with zero attached hydrogens (tertiary/aromatic N) is 4. The van der Waals surface area contributed by atoms with Crippen LogP contribution in [0.3, 0.4) is 0 Å². The van der Waals surface area contributed by atoms with Crippen molar-refractivity contribution in [3.05, 3.63) is 266 Å². The average Bonchev–Trinajstić information content (AvgIpc) is 1.70. The van der Waals surface area contributed by atoms with Gasteiger partial charge in [-0.2, -0.15) is 0 Å². The van der Waals surface area contributed by atoms with Gasteiger partial charge >= 0.3 is 0 Å². The average molecular weight is 1640 g/mol. The summed E-state index contributed by atoms with van der Waals surface area (Å²) in [5.74, 6) is 5.02. The summed E-state index contributed by atoms with van der Waals surface area (Å²) in [5.41, 5.74) is 18.6. The third-order valence-corrected chi connectivity index (χ3v) is 23.3. The van der Waals surface area contributed by atoms with Gasteiger partial charge in [0.1, 0.15) is 81.6 Å². The van der Waals surface area contributed by atoms with Gasteiger partial charge in [0.2, 0.25) is 0 Å². The van der Waals surface area contributed by atoms with E-state index < -0.39 is 53.1 Å². The maximum atomic E-state index is 14.9. The van der Waals surface area contributed by atoms with E-state index in [4.69, 9.17) is 36.9 Å². The van der Waals surface area contributed by atoms with Crippen LogP contribution in [0.5, 0.6) is 5.75 Å². The lowest BCUT2D eigenvalue weighted by atomic mass is 9.88. The molecule has 5 fully saturated rings. The smallest absolute Gasteiger partial charge is 0.159 e. The van der Waals surface area contributed by atoms with Gasteiger partial charge < -0.3 is 4.74 Å². The zero-order chi connectivity index (χ0) is 88.8. The summed E-state index contributed by atoms with van der Waals surface area (Å²) >= 11 is 0. The number of halogens is 2. The topological polar surface area (TPSA) is 231 Å². The Labute approximate surface area is 717 Å². The molecule has 10 unspecified atom stereocenters. The van der Waals surface area contributed by atoms with Crippen LogP contribution in [0, 0.1) is 165 Å². The predicted molar refractivity (Wildman–Crippen MR) is 471 cm³/mol. The van der Waals surface area contributed by atoms with Crippen molar-refractivity contribution in [1.82, 2.24) is 19.9 Å². The van der Waals surface area contributed by atoms with E-state index in [2.05, 4.69) is 73.8 Å². The fraction of sp³-hybridized carbons (Fsp3) is 0.283. The minimum absolute atomic E-state index is 0.00981. The van der Waals surface area contributed by atoms with Gasteiger partial charge in [-0.25, -0.2) is 18.7 Å². The molecule has 3 heterocycles. The number of carbonyl (C=O) groups excluding carboxylic acids is 10. The first kappa shape index (κ1) is 89.9. The van der Waals surface area contributed by atoms with Gasteiger partial charge in [-0.05, 0) is 194 Å². The van der Waals surface area contributed by atoms with E-state index in [9.17, 15) is 56.7 Å². The zero-order valence-corrected chi connectivity index (χ0v) is 70.5. The molecule has 17 heteroatoms. The number of hydrogen-bond acceptors (Lipinski definition) is 15. The number of benzene rings is 7. The molecule has 5 saturated carbocycles. The second-order valence-electron chi connectivity index (χ2n) is 32.3. The molecule has 7 aromatic carbocycles. The van der Waals surface area contributed by atoms with Crippen LogP contribution in [-0.2, 0) is 47.9 Å². The number of terminal acetylenes is 5. The van der Waals surface area contributed by atoms with E-state index in [1.54, 1.807) is 49.8 Å². The van der Waals surface area contributed by atoms with E-state index in [1.165, 1.54) is 24.8 Å². The maximum Gasteiger partial charge on any atom is 0.159 e. The molecule has 15 nitrogen and oxygen atoms in total. The van der Waals surface area contributed by atoms with Gasteiger partial charge in [-0.1, -0.05) is 114 Å². The first-order valence-electron chi connectivity index (χ1n) is 40.7. The Bertz CT molecular complexity index is 5720. The number of Topliss-reactive ketones (excluding diaryl/α,β-unsaturated/α-hetero) is 10. The molecule has 5 aliphatic carbocycles. The van der Waals surface area contributed by atoms with Crippen molar-refractivity contribution < 1.29 is 61.5 Å². The summed E-state index contributed by atoms with van der Waals surface area (Å²) in [7, 11) is 1.40. The van der Waals surface area contributed by atoms with Gasteiger partial charge in [0.25, 0.3) is 0 Å². The molecular weight excluding hydrogens is 1540 g/mol. The largest absolute Gasteiger partial charge is 0.496 e. The van der Waals surface area contributed by atoms with Crippen molar-refractivity contribution in [2.75, 3.05) is 7.11 Å². The van der Waals surface area contributed by atoms with E-state index >= 15 is 0 Å². The van der Waals surface area contributed by atoms with Gasteiger partial charge in [-0.15, -0.1) is 61.7 Å². The highest BCUT2D eigenvalue weighted by molar-refractivity contribution is 6.18. The Morgan fingerprint density at radius 2 is 0.642 bits per heavy atom. The minimum Gasteiger partial charge on any atom is -0.496 e. The minimum atomic E-state index is -1.14. The first-order chi connectivity index (χ1) is 58.9. The molecule has 0 radical (unpaired) electrons. The highest BCUT2D eigenvalue weighted by Gasteiger charge is 2.47. The molecule has 10 aromatic rings. The number of ketones is 10. The fourth-order valence-electron chi connectivity index (χ4n) is 16.5. The number of carbonyl (C=O) groups is 10. The highest BCUT2D eigenvalue weighted by Crippen LogP contribution is 2.45. The monoisotopic (exact) mass is 1640 g/mol. The number of hydrogen-bond donors (Lipinski definition) is 0. The summed E-state index contributed by atoms with van der Waals surface area (Å²) in [6.07, 6.45) is 35.9. The van der Waals surface area contributed by atoms with Crippen LogP contribution in [0.15, 0.2) is 176 Å². The zero-order valence-electron chi connectivity index (χ0n) is 70.5. The van der Waals surface area contributed by atoms with Gasteiger partial charge in [0, 0.05) is 141 Å². The van der Waals surface area contributed by atoms with Crippen molar-refractivity contribution in [2.24, 2.45) is 29.6 Å². The molecule has 3 aromatic heterocycles. The van der Waals surface area contributed by atoms with E-state index in [0.717, 1.165) is 94.7 Å². The lowest BCUT2D eigenvalue weighted by Crippen LogP contribution is -2.17. The van der Waals surface area contributed by atoms with Gasteiger partial charge in [-0.3, -0.25) is 57.9 Å².